The second-order valence-electron chi connectivity index (χ2n) is 7.29. The normalized spacial score (nSPS) is 15.8. The highest BCUT2D eigenvalue weighted by Crippen LogP contribution is 2.32. The second-order valence-corrected chi connectivity index (χ2v) is 7.29. The molecule has 2 heterocycles. The summed E-state index contributed by atoms with van der Waals surface area (Å²) in [4.78, 5) is 6.88. The molecule has 1 aromatic heterocycles. The molecule has 4 rings (SSSR count). The van der Waals surface area contributed by atoms with Gasteiger partial charge in [-0.25, -0.2) is 0 Å². The minimum absolute atomic E-state index is 0.0877. The molecule has 158 valence electrons. The summed E-state index contributed by atoms with van der Waals surface area (Å²) in [6.07, 6.45) is -0.188. The van der Waals surface area contributed by atoms with Crippen LogP contribution in [0.25, 0.3) is 0 Å². The summed E-state index contributed by atoms with van der Waals surface area (Å²) < 4.78 is 11.6. The van der Waals surface area contributed by atoms with Gasteiger partial charge in [0.2, 0.25) is 5.88 Å². The van der Waals surface area contributed by atoms with Crippen LogP contribution in [-0.2, 0) is 6.54 Å². The third-order valence-corrected chi connectivity index (χ3v) is 5.19. The molecule has 1 aliphatic heterocycles. The number of nitriles is 1. The van der Waals surface area contributed by atoms with Crippen LogP contribution in [-0.4, -0.2) is 41.8 Å². The summed E-state index contributed by atoms with van der Waals surface area (Å²) in [7, 11) is 1.54. The second kappa shape index (κ2) is 9.47. The molecule has 31 heavy (non-hydrogen) atoms. The number of fused-ring (bicyclic) bond motifs is 1. The van der Waals surface area contributed by atoms with Gasteiger partial charge in [0, 0.05) is 37.0 Å². The molecule has 0 saturated carbocycles. The third-order valence-electron chi connectivity index (χ3n) is 5.19. The average molecular weight is 416 g/mol. The number of aromatic nitrogens is 1. The van der Waals surface area contributed by atoms with E-state index in [9.17, 15) is 5.11 Å². The highest BCUT2D eigenvalue weighted by molar-refractivity contribution is 5.62. The highest BCUT2D eigenvalue weighted by Gasteiger charge is 2.25. The first-order valence-corrected chi connectivity index (χ1v) is 10.1. The van der Waals surface area contributed by atoms with Crippen molar-refractivity contribution < 1.29 is 14.6 Å². The number of ether oxygens (including phenoxy) is 2. The van der Waals surface area contributed by atoms with Crippen molar-refractivity contribution in [3.05, 3.63) is 77.4 Å². The van der Waals surface area contributed by atoms with Gasteiger partial charge in [-0.05, 0) is 29.8 Å². The van der Waals surface area contributed by atoms with Gasteiger partial charge in [0.25, 0.3) is 0 Å². The van der Waals surface area contributed by atoms with E-state index in [1.165, 1.54) is 7.11 Å². The number of aliphatic hydroxyl groups excluding tert-OH is 1. The van der Waals surface area contributed by atoms with E-state index in [-0.39, 0.29) is 12.7 Å². The Bertz CT molecular complexity index is 1080. The molecule has 0 spiro atoms. The van der Waals surface area contributed by atoms with Crippen LogP contribution in [0.2, 0.25) is 0 Å². The zero-order valence-electron chi connectivity index (χ0n) is 17.3. The molecular weight excluding hydrogens is 392 g/mol. The van der Waals surface area contributed by atoms with Crippen LogP contribution in [0.15, 0.2) is 60.7 Å². The van der Waals surface area contributed by atoms with Crippen molar-refractivity contribution in [2.45, 2.75) is 12.6 Å². The molecule has 0 saturated heterocycles. The zero-order valence-corrected chi connectivity index (χ0v) is 17.3. The van der Waals surface area contributed by atoms with Crippen LogP contribution < -0.4 is 14.8 Å². The highest BCUT2D eigenvalue weighted by atomic mass is 16.5. The average Bonchev–Trinajstić information content (AvgIpc) is 2.98. The van der Waals surface area contributed by atoms with Gasteiger partial charge in [0.05, 0.1) is 19.3 Å². The van der Waals surface area contributed by atoms with Gasteiger partial charge in [-0.1, -0.05) is 30.3 Å². The van der Waals surface area contributed by atoms with Crippen molar-refractivity contribution >= 4 is 11.5 Å². The van der Waals surface area contributed by atoms with Crippen molar-refractivity contribution in [1.29, 1.82) is 5.26 Å². The molecular formula is C24H24N4O3. The third kappa shape index (κ3) is 4.77. The first-order chi connectivity index (χ1) is 15.2. The largest absolute Gasteiger partial charge is 0.495 e. The van der Waals surface area contributed by atoms with Gasteiger partial charge in [0.1, 0.15) is 23.7 Å². The lowest BCUT2D eigenvalue weighted by Gasteiger charge is -2.23. The predicted molar refractivity (Wildman–Crippen MR) is 117 cm³/mol. The van der Waals surface area contributed by atoms with Crippen LogP contribution in [0.4, 0.5) is 11.5 Å². The summed E-state index contributed by atoms with van der Waals surface area (Å²) in [5.74, 6) is 1.70. The number of nitrogens with one attached hydrogen (secondary N) is 1. The minimum atomic E-state index is -0.188. The maximum Gasteiger partial charge on any atom is 0.220 e. The van der Waals surface area contributed by atoms with Gasteiger partial charge in [-0.2, -0.15) is 10.2 Å². The quantitative estimate of drug-likeness (QED) is 0.634. The van der Waals surface area contributed by atoms with Crippen LogP contribution >= 0.6 is 0 Å². The monoisotopic (exact) mass is 416 g/mol. The lowest BCUT2D eigenvalue weighted by Crippen LogP contribution is -2.30. The smallest absolute Gasteiger partial charge is 0.220 e. The maximum absolute atomic E-state index is 9.47. The Balaban J connectivity index is 1.62. The zero-order chi connectivity index (χ0) is 21.6. The molecule has 3 aromatic rings. The topological polar surface area (TPSA) is 90.6 Å². The van der Waals surface area contributed by atoms with Gasteiger partial charge in [-0.3, -0.25) is 4.90 Å². The lowest BCUT2D eigenvalue weighted by atomic mass is 10.1. The molecule has 0 bridgehead atoms. The van der Waals surface area contributed by atoms with Crippen molar-refractivity contribution in [2.24, 2.45) is 0 Å². The Morgan fingerprint density at radius 3 is 2.81 bits per heavy atom. The number of aliphatic hydroxyl groups is 1. The molecule has 2 N–H and O–H groups in total. The predicted octanol–water partition coefficient (Wildman–Crippen LogP) is 3.63. The SMILES string of the molecule is COc1cc(Nc2ccc3c(n2)O[C@H](c2ccccc2)CN(CCO)C3)ccc1C#N. The number of nitrogens with zero attached hydrogens (tertiary/aromatic N) is 3. The van der Waals surface area contributed by atoms with E-state index in [1.54, 1.807) is 12.1 Å². The van der Waals surface area contributed by atoms with Crippen LogP contribution in [0.5, 0.6) is 11.6 Å². The van der Waals surface area contributed by atoms with Gasteiger partial charge < -0.3 is 19.9 Å². The van der Waals surface area contributed by atoms with Crippen molar-refractivity contribution in [2.75, 3.05) is 32.1 Å². The molecule has 0 radical (unpaired) electrons. The van der Waals surface area contributed by atoms with E-state index >= 15 is 0 Å². The minimum Gasteiger partial charge on any atom is -0.495 e. The Morgan fingerprint density at radius 1 is 1.23 bits per heavy atom. The molecule has 0 fully saturated rings. The standard InChI is InChI=1S/C24H24N4O3/c1-30-21-13-20(9-7-18(21)14-25)26-23-10-8-19-15-28(11-12-29)16-22(31-24(19)27-23)17-5-3-2-4-6-17/h2-10,13,22,29H,11-12,15-16H2,1H3,(H,26,27)/t22-/m0/s1. The fourth-order valence-electron chi connectivity index (χ4n) is 3.64. The van der Waals surface area contributed by atoms with Crippen LogP contribution in [0.3, 0.4) is 0 Å². The number of anilines is 2. The van der Waals surface area contributed by atoms with E-state index in [0.717, 1.165) is 16.8 Å². The summed E-state index contributed by atoms with van der Waals surface area (Å²) in [5.41, 5.74) is 3.27. The molecule has 1 atom stereocenters. The number of methoxy groups -OCH3 is 1. The fourth-order valence-corrected chi connectivity index (χ4v) is 3.64. The number of β-amino-alcohol motifs (C(OH)–C–C–N with tert-alkyl or cyclic N) is 1. The first-order valence-electron chi connectivity index (χ1n) is 10.1. The molecule has 0 aliphatic carbocycles. The van der Waals surface area contributed by atoms with Crippen molar-refractivity contribution in [1.82, 2.24) is 9.88 Å². The van der Waals surface area contributed by atoms with E-state index in [4.69, 9.17) is 19.7 Å². The summed E-state index contributed by atoms with van der Waals surface area (Å²) in [5, 5.41) is 21.9. The summed E-state index contributed by atoms with van der Waals surface area (Å²) >= 11 is 0. The fraction of sp³-hybridized carbons (Fsp3) is 0.250. The molecule has 0 amide bonds. The van der Waals surface area contributed by atoms with Crippen LogP contribution in [0.1, 0.15) is 22.8 Å². The van der Waals surface area contributed by atoms with E-state index in [0.29, 0.717) is 42.6 Å². The van der Waals surface area contributed by atoms with E-state index < -0.39 is 0 Å². The Kier molecular flexibility index (Phi) is 6.32. The lowest BCUT2D eigenvalue weighted by molar-refractivity contribution is 0.126. The molecule has 2 aromatic carbocycles. The summed E-state index contributed by atoms with van der Waals surface area (Å²) in [6, 6.07) is 21.3. The van der Waals surface area contributed by atoms with Crippen molar-refractivity contribution in [3.63, 3.8) is 0 Å². The Morgan fingerprint density at radius 2 is 2.06 bits per heavy atom. The number of rotatable bonds is 6. The number of hydrogen-bond acceptors (Lipinski definition) is 7. The number of pyridine rings is 1. The van der Waals surface area contributed by atoms with Crippen LogP contribution in [0, 0.1) is 11.3 Å². The van der Waals surface area contributed by atoms with Gasteiger partial charge in [-0.15, -0.1) is 0 Å². The number of benzene rings is 2. The Labute approximate surface area is 181 Å². The van der Waals surface area contributed by atoms with Crippen molar-refractivity contribution in [3.8, 4) is 17.7 Å². The first kappa shape index (κ1) is 20.7. The van der Waals surface area contributed by atoms with E-state index in [2.05, 4.69) is 16.3 Å². The Hall–Kier alpha value is -3.60. The molecule has 0 unspecified atom stereocenters. The molecule has 7 nitrogen and oxygen atoms in total. The van der Waals surface area contributed by atoms with Gasteiger partial charge >= 0.3 is 0 Å². The summed E-state index contributed by atoms with van der Waals surface area (Å²) in [6.45, 7) is 1.97. The maximum atomic E-state index is 9.47. The molecule has 7 heteroatoms. The molecule has 1 aliphatic rings. The van der Waals surface area contributed by atoms with Gasteiger partial charge in [0.15, 0.2) is 0 Å². The van der Waals surface area contributed by atoms with E-state index in [1.807, 2.05) is 48.5 Å². The number of hydrogen-bond donors (Lipinski definition) is 2.